The molecule has 4 saturated carbocycles. The number of nitrogens with zero attached hydrogens (tertiary/aromatic N) is 1. The molecule has 36 heavy (non-hydrogen) atoms. The molecule has 4 bridgehead atoms. The molecule has 0 unspecified atom stereocenters. The van der Waals surface area contributed by atoms with E-state index in [0.29, 0.717) is 16.7 Å². The topological polar surface area (TPSA) is 69.6 Å². The van der Waals surface area contributed by atoms with Crippen molar-refractivity contribution in [1.29, 1.82) is 0 Å². The smallest absolute Gasteiger partial charge is 0.337 e. The summed E-state index contributed by atoms with van der Waals surface area (Å²) >= 11 is 0. The molecule has 0 saturated heterocycles. The molecule has 4 aliphatic carbocycles. The van der Waals surface area contributed by atoms with E-state index in [1.165, 1.54) is 44.1 Å². The van der Waals surface area contributed by atoms with Crippen molar-refractivity contribution in [2.24, 2.45) is 17.8 Å². The van der Waals surface area contributed by atoms with Crippen LogP contribution < -0.4 is 10.2 Å². The number of rotatable bonds is 6. The summed E-state index contributed by atoms with van der Waals surface area (Å²) in [6, 6.07) is 22.6. The highest BCUT2D eigenvalue weighted by Crippen LogP contribution is 2.60. The molecular formula is C31H32N2O3. The molecule has 4 aliphatic rings. The second kappa shape index (κ2) is 8.81. The molecular weight excluding hydrogens is 448 g/mol. The normalized spacial score (nSPS) is 26.0. The van der Waals surface area contributed by atoms with Crippen LogP contribution in [0.2, 0.25) is 0 Å². The quantitative estimate of drug-likeness (QED) is 0.404. The second-order valence-electron chi connectivity index (χ2n) is 11.2. The number of carbonyl (C=O) groups excluding carboxylic acids is 1. The molecule has 5 heteroatoms. The molecule has 0 heterocycles. The summed E-state index contributed by atoms with van der Waals surface area (Å²) in [4.78, 5) is 26.3. The lowest BCUT2D eigenvalue weighted by molar-refractivity contribution is -0.00518. The van der Waals surface area contributed by atoms with Gasteiger partial charge in [-0.1, -0.05) is 24.3 Å². The zero-order valence-electron chi connectivity index (χ0n) is 20.6. The van der Waals surface area contributed by atoms with Gasteiger partial charge in [-0.3, -0.25) is 4.79 Å². The van der Waals surface area contributed by atoms with Crippen LogP contribution in [0.1, 0.15) is 64.8 Å². The zero-order valence-corrected chi connectivity index (χ0v) is 20.6. The first-order valence-corrected chi connectivity index (χ1v) is 13.0. The first-order chi connectivity index (χ1) is 17.4. The molecule has 3 aromatic carbocycles. The second-order valence-corrected chi connectivity index (χ2v) is 11.2. The van der Waals surface area contributed by atoms with E-state index in [0.717, 1.165) is 29.1 Å². The van der Waals surface area contributed by atoms with Gasteiger partial charge in [0.05, 0.1) is 11.3 Å². The van der Waals surface area contributed by atoms with E-state index < -0.39 is 5.97 Å². The molecule has 0 spiro atoms. The molecule has 0 radical (unpaired) electrons. The number of benzene rings is 3. The van der Waals surface area contributed by atoms with E-state index in [4.69, 9.17) is 0 Å². The number of anilines is 3. The number of aromatic carboxylic acids is 1. The summed E-state index contributed by atoms with van der Waals surface area (Å²) in [6.45, 7) is 0. The summed E-state index contributed by atoms with van der Waals surface area (Å²) < 4.78 is 0. The lowest BCUT2D eigenvalue weighted by Crippen LogP contribution is -2.48. The number of hydrogen-bond acceptors (Lipinski definition) is 3. The number of carboxylic acids is 1. The Morgan fingerprint density at radius 1 is 0.833 bits per heavy atom. The van der Waals surface area contributed by atoms with Gasteiger partial charge in [0, 0.05) is 24.0 Å². The third-order valence-corrected chi connectivity index (χ3v) is 8.78. The standard InChI is InChI=1S/C31H32N2O3/c1-33(26-12-8-24(9-13-26)31-17-20-14-21(18-31)16-22(15-20)19-31)29(34)23-6-10-25(11-7-23)32-28-5-3-2-4-27(28)30(35)36/h2-13,20-22,32H,14-19H2,1H3,(H,35,36). The Balaban J connectivity index is 1.15. The summed E-state index contributed by atoms with van der Waals surface area (Å²) in [5.74, 6) is 1.68. The van der Waals surface area contributed by atoms with Gasteiger partial charge in [0.15, 0.2) is 0 Å². The maximum atomic E-state index is 13.2. The Morgan fingerprint density at radius 3 is 2.00 bits per heavy atom. The largest absolute Gasteiger partial charge is 0.478 e. The van der Waals surface area contributed by atoms with Crippen molar-refractivity contribution in [3.63, 3.8) is 0 Å². The van der Waals surface area contributed by atoms with Crippen molar-refractivity contribution >= 4 is 28.9 Å². The van der Waals surface area contributed by atoms with Crippen molar-refractivity contribution in [3.05, 3.63) is 89.5 Å². The van der Waals surface area contributed by atoms with Gasteiger partial charge in [-0.2, -0.15) is 0 Å². The van der Waals surface area contributed by atoms with Gasteiger partial charge in [-0.05, 0) is 116 Å². The van der Waals surface area contributed by atoms with Gasteiger partial charge in [0.1, 0.15) is 0 Å². The highest BCUT2D eigenvalue weighted by Gasteiger charge is 2.51. The third-order valence-electron chi connectivity index (χ3n) is 8.78. The van der Waals surface area contributed by atoms with Crippen molar-refractivity contribution in [3.8, 4) is 0 Å². The molecule has 7 rings (SSSR count). The minimum absolute atomic E-state index is 0.0740. The average molecular weight is 481 g/mol. The van der Waals surface area contributed by atoms with Crippen LogP contribution in [0.5, 0.6) is 0 Å². The van der Waals surface area contributed by atoms with Gasteiger partial charge in [0.25, 0.3) is 5.91 Å². The van der Waals surface area contributed by atoms with Crippen molar-refractivity contribution in [2.45, 2.75) is 43.9 Å². The molecule has 4 fully saturated rings. The predicted octanol–water partition coefficient (Wildman–Crippen LogP) is 6.87. The predicted molar refractivity (Wildman–Crippen MR) is 142 cm³/mol. The van der Waals surface area contributed by atoms with Crippen molar-refractivity contribution < 1.29 is 14.7 Å². The molecule has 5 nitrogen and oxygen atoms in total. The number of nitrogens with one attached hydrogen (secondary N) is 1. The monoisotopic (exact) mass is 480 g/mol. The Kier molecular flexibility index (Phi) is 5.59. The first-order valence-electron chi connectivity index (χ1n) is 13.0. The summed E-state index contributed by atoms with van der Waals surface area (Å²) in [5, 5.41) is 12.5. The third kappa shape index (κ3) is 4.06. The maximum absolute atomic E-state index is 13.2. The van der Waals surface area contributed by atoms with E-state index in [-0.39, 0.29) is 11.5 Å². The van der Waals surface area contributed by atoms with E-state index >= 15 is 0 Å². The molecule has 0 atom stereocenters. The lowest BCUT2D eigenvalue weighted by Gasteiger charge is -2.57. The molecule has 184 valence electrons. The lowest BCUT2D eigenvalue weighted by atomic mass is 9.48. The minimum Gasteiger partial charge on any atom is -0.478 e. The Labute approximate surface area is 212 Å². The van der Waals surface area contributed by atoms with E-state index in [2.05, 4.69) is 29.6 Å². The molecule has 3 aromatic rings. The van der Waals surface area contributed by atoms with Crippen LogP contribution in [0, 0.1) is 17.8 Å². The number of carboxylic acid groups (broad SMARTS) is 1. The number of carbonyl (C=O) groups is 2. The molecule has 2 N–H and O–H groups in total. The Morgan fingerprint density at radius 2 is 1.42 bits per heavy atom. The fraction of sp³-hybridized carbons (Fsp3) is 0.355. The van der Waals surface area contributed by atoms with Gasteiger partial charge in [-0.15, -0.1) is 0 Å². The van der Waals surface area contributed by atoms with Gasteiger partial charge in [-0.25, -0.2) is 4.79 Å². The van der Waals surface area contributed by atoms with E-state index in [9.17, 15) is 14.7 Å². The summed E-state index contributed by atoms with van der Waals surface area (Å²) in [6.07, 6.45) is 8.33. The van der Waals surface area contributed by atoms with Crippen LogP contribution in [0.3, 0.4) is 0 Å². The first kappa shape index (κ1) is 22.8. The zero-order chi connectivity index (χ0) is 24.9. The average Bonchev–Trinajstić information content (AvgIpc) is 2.88. The minimum atomic E-state index is -0.985. The Bertz CT molecular complexity index is 1260. The van der Waals surface area contributed by atoms with Crippen LogP contribution in [-0.4, -0.2) is 24.0 Å². The fourth-order valence-corrected chi connectivity index (χ4v) is 7.44. The van der Waals surface area contributed by atoms with Crippen molar-refractivity contribution in [2.75, 3.05) is 17.3 Å². The summed E-state index contributed by atoms with van der Waals surface area (Å²) in [5.41, 5.74) is 4.74. The highest BCUT2D eigenvalue weighted by atomic mass is 16.4. The number of amides is 1. The number of para-hydroxylation sites is 1. The van der Waals surface area contributed by atoms with Crippen LogP contribution in [0.15, 0.2) is 72.8 Å². The van der Waals surface area contributed by atoms with E-state index in [1.54, 1.807) is 53.4 Å². The molecule has 0 aliphatic heterocycles. The fourth-order valence-electron chi connectivity index (χ4n) is 7.44. The van der Waals surface area contributed by atoms with Gasteiger partial charge in [0.2, 0.25) is 0 Å². The Hall–Kier alpha value is -3.60. The van der Waals surface area contributed by atoms with Crippen LogP contribution >= 0.6 is 0 Å². The number of hydrogen-bond donors (Lipinski definition) is 2. The maximum Gasteiger partial charge on any atom is 0.337 e. The van der Waals surface area contributed by atoms with Crippen molar-refractivity contribution in [1.82, 2.24) is 0 Å². The van der Waals surface area contributed by atoms with Crippen LogP contribution in [0.4, 0.5) is 17.1 Å². The molecule has 1 amide bonds. The van der Waals surface area contributed by atoms with E-state index in [1.807, 2.05) is 7.05 Å². The van der Waals surface area contributed by atoms with Crippen LogP contribution in [-0.2, 0) is 5.41 Å². The SMILES string of the molecule is CN(C(=O)c1ccc(Nc2ccccc2C(=O)O)cc1)c1ccc(C23CC4CC(CC(C4)C2)C3)cc1. The summed E-state index contributed by atoms with van der Waals surface area (Å²) in [7, 11) is 1.82. The highest BCUT2D eigenvalue weighted by molar-refractivity contribution is 6.06. The van der Waals surface area contributed by atoms with Gasteiger partial charge >= 0.3 is 5.97 Å². The molecule has 0 aromatic heterocycles. The van der Waals surface area contributed by atoms with Crippen LogP contribution in [0.25, 0.3) is 0 Å². The van der Waals surface area contributed by atoms with Gasteiger partial charge < -0.3 is 15.3 Å².